The van der Waals surface area contributed by atoms with Gasteiger partial charge in [0.05, 0.1) is 6.21 Å². The molecule has 0 radical (unpaired) electrons. The Morgan fingerprint density at radius 1 is 1.05 bits per heavy atom. The van der Waals surface area contributed by atoms with Crippen LogP contribution in [0.15, 0.2) is 65.9 Å². The van der Waals surface area contributed by atoms with Crippen molar-refractivity contribution < 1.29 is 4.84 Å². The summed E-state index contributed by atoms with van der Waals surface area (Å²) in [5, 5.41) is 5.19. The van der Waals surface area contributed by atoms with Crippen molar-refractivity contribution >= 4 is 17.1 Å². The zero-order valence-electron chi connectivity index (χ0n) is 10.4. The van der Waals surface area contributed by atoms with Crippen molar-refractivity contribution in [1.29, 1.82) is 0 Å². The van der Waals surface area contributed by atoms with Gasteiger partial charge in [-0.05, 0) is 28.6 Å². The van der Waals surface area contributed by atoms with Crippen molar-refractivity contribution in [2.24, 2.45) is 5.16 Å². The Labute approximate surface area is 111 Å². The smallest absolute Gasteiger partial charge is 0.142 e. The Morgan fingerprint density at radius 3 is 2.84 bits per heavy atom. The molecule has 2 aromatic carbocycles. The minimum Gasteiger partial charge on any atom is -0.391 e. The van der Waals surface area contributed by atoms with Gasteiger partial charge in [0, 0.05) is 11.7 Å². The monoisotopic (exact) mass is 250 g/mol. The second-order valence-electron chi connectivity index (χ2n) is 4.32. The van der Waals surface area contributed by atoms with Crippen LogP contribution >= 0.6 is 0 Å². The van der Waals surface area contributed by atoms with Crippen LogP contribution in [0.5, 0.6) is 0 Å². The molecule has 0 fully saturated rings. The van der Waals surface area contributed by atoms with Crippen LogP contribution in [0.1, 0.15) is 11.1 Å². The second kappa shape index (κ2) is 5.40. The first kappa shape index (κ1) is 11.5. The molecule has 94 valence electrons. The Bertz CT molecular complexity index is 686. The normalized spacial score (nSPS) is 11.2. The van der Waals surface area contributed by atoms with E-state index < -0.39 is 0 Å². The van der Waals surface area contributed by atoms with Crippen LogP contribution in [0.25, 0.3) is 10.9 Å². The maximum atomic E-state index is 5.28. The summed E-state index contributed by atoms with van der Waals surface area (Å²) in [7, 11) is 0. The first-order valence-corrected chi connectivity index (χ1v) is 6.18. The van der Waals surface area contributed by atoms with Crippen molar-refractivity contribution in [3.8, 4) is 0 Å². The summed E-state index contributed by atoms with van der Waals surface area (Å²) in [6.45, 7) is 0.488. The highest BCUT2D eigenvalue weighted by Gasteiger charge is 1.95. The molecule has 0 atom stereocenters. The van der Waals surface area contributed by atoms with Crippen LogP contribution in [-0.2, 0) is 11.4 Å². The van der Waals surface area contributed by atoms with E-state index in [1.807, 2.05) is 54.7 Å². The van der Waals surface area contributed by atoms with Crippen molar-refractivity contribution in [2.75, 3.05) is 0 Å². The molecule has 0 saturated carbocycles. The molecule has 0 saturated heterocycles. The molecule has 0 spiro atoms. The Kier molecular flexibility index (Phi) is 3.28. The van der Waals surface area contributed by atoms with E-state index in [1.165, 1.54) is 5.39 Å². The topological polar surface area (TPSA) is 37.4 Å². The summed E-state index contributed by atoms with van der Waals surface area (Å²) in [5.41, 5.74) is 3.23. The number of fused-ring (bicyclic) bond motifs is 1. The molecule has 1 heterocycles. The molecule has 1 aromatic heterocycles. The standard InChI is InChI=1S/C16H14N2O/c1-2-4-13(5-3-1)12-19-18-11-14-6-7-15-8-9-17-16(15)10-14/h1-11,17H,12H2. The van der Waals surface area contributed by atoms with E-state index in [-0.39, 0.29) is 0 Å². The average Bonchev–Trinajstić information content (AvgIpc) is 2.92. The predicted octanol–water partition coefficient (Wildman–Crippen LogP) is 3.72. The van der Waals surface area contributed by atoms with Gasteiger partial charge in [-0.2, -0.15) is 0 Å². The number of benzene rings is 2. The molecule has 19 heavy (non-hydrogen) atoms. The molecule has 3 heteroatoms. The largest absolute Gasteiger partial charge is 0.391 e. The van der Waals surface area contributed by atoms with Crippen molar-refractivity contribution in [3.05, 3.63) is 71.9 Å². The highest BCUT2D eigenvalue weighted by molar-refractivity contribution is 5.88. The van der Waals surface area contributed by atoms with Gasteiger partial charge >= 0.3 is 0 Å². The minimum atomic E-state index is 0.488. The van der Waals surface area contributed by atoms with Gasteiger partial charge in [0.15, 0.2) is 0 Å². The van der Waals surface area contributed by atoms with Gasteiger partial charge in [0.1, 0.15) is 6.61 Å². The number of nitrogens with zero attached hydrogens (tertiary/aromatic N) is 1. The van der Waals surface area contributed by atoms with E-state index >= 15 is 0 Å². The van der Waals surface area contributed by atoms with Crippen LogP contribution in [0, 0.1) is 0 Å². The minimum absolute atomic E-state index is 0.488. The molecular formula is C16H14N2O. The number of H-pyrrole nitrogens is 1. The van der Waals surface area contributed by atoms with Gasteiger partial charge in [-0.25, -0.2) is 0 Å². The van der Waals surface area contributed by atoms with Crippen molar-refractivity contribution in [2.45, 2.75) is 6.61 Å². The van der Waals surface area contributed by atoms with Gasteiger partial charge in [0.25, 0.3) is 0 Å². The van der Waals surface area contributed by atoms with E-state index in [2.05, 4.69) is 16.2 Å². The first-order chi connectivity index (χ1) is 9.42. The quantitative estimate of drug-likeness (QED) is 0.556. The maximum absolute atomic E-state index is 5.28. The fourth-order valence-corrected chi connectivity index (χ4v) is 1.93. The highest BCUT2D eigenvalue weighted by atomic mass is 16.6. The summed E-state index contributed by atoms with van der Waals surface area (Å²) in [6.07, 6.45) is 3.65. The summed E-state index contributed by atoms with van der Waals surface area (Å²) < 4.78 is 0. The summed E-state index contributed by atoms with van der Waals surface area (Å²) in [4.78, 5) is 8.45. The number of oxime groups is 1. The van der Waals surface area contributed by atoms with E-state index in [0.29, 0.717) is 6.61 Å². The molecule has 0 bridgehead atoms. The van der Waals surface area contributed by atoms with E-state index in [9.17, 15) is 0 Å². The van der Waals surface area contributed by atoms with Crippen LogP contribution in [-0.4, -0.2) is 11.2 Å². The predicted molar refractivity (Wildman–Crippen MR) is 77.1 cm³/mol. The van der Waals surface area contributed by atoms with Crippen molar-refractivity contribution in [1.82, 2.24) is 4.98 Å². The lowest BCUT2D eigenvalue weighted by atomic mass is 10.2. The molecule has 3 aromatic rings. The Morgan fingerprint density at radius 2 is 1.95 bits per heavy atom. The third-order valence-corrected chi connectivity index (χ3v) is 2.93. The lowest BCUT2D eigenvalue weighted by Gasteiger charge is -1.99. The molecule has 3 rings (SSSR count). The summed E-state index contributed by atoms with van der Waals surface area (Å²) in [6, 6.07) is 18.2. The molecule has 0 unspecified atom stereocenters. The van der Waals surface area contributed by atoms with Crippen molar-refractivity contribution in [3.63, 3.8) is 0 Å². The number of hydrogen-bond acceptors (Lipinski definition) is 2. The molecule has 0 aliphatic carbocycles. The summed E-state index contributed by atoms with van der Waals surface area (Å²) in [5.74, 6) is 0. The van der Waals surface area contributed by atoms with Crippen LogP contribution in [0.3, 0.4) is 0 Å². The number of aromatic amines is 1. The average molecular weight is 250 g/mol. The molecule has 1 N–H and O–H groups in total. The Balaban J connectivity index is 1.62. The van der Waals surface area contributed by atoms with Gasteiger partial charge < -0.3 is 9.82 Å². The van der Waals surface area contributed by atoms with Crippen LogP contribution in [0.4, 0.5) is 0 Å². The van der Waals surface area contributed by atoms with E-state index in [0.717, 1.165) is 16.6 Å². The summed E-state index contributed by atoms with van der Waals surface area (Å²) >= 11 is 0. The second-order valence-corrected chi connectivity index (χ2v) is 4.32. The van der Waals surface area contributed by atoms with Gasteiger partial charge in [-0.3, -0.25) is 0 Å². The highest BCUT2D eigenvalue weighted by Crippen LogP contribution is 2.13. The van der Waals surface area contributed by atoms with Gasteiger partial charge in [-0.15, -0.1) is 0 Å². The Hall–Kier alpha value is -2.55. The third-order valence-electron chi connectivity index (χ3n) is 2.93. The maximum Gasteiger partial charge on any atom is 0.142 e. The third kappa shape index (κ3) is 2.83. The molecular weight excluding hydrogens is 236 g/mol. The molecule has 3 nitrogen and oxygen atoms in total. The van der Waals surface area contributed by atoms with Gasteiger partial charge in [-0.1, -0.05) is 47.6 Å². The van der Waals surface area contributed by atoms with Gasteiger partial charge in [0.2, 0.25) is 0 Å². The first-order valence-electron chi connectivity index (χ1n) is 6.18. The number of hydrogen-bond donors (Lipinski definition) is 1. The zero-order valence-corrected chi connectivity index (χ0v) is 10.4. The molecule has 0 aliphatic heterocycles. The fraction of sp³-hybridized carbons (Fsp3) is 0.0625. The fourth-order valence-electron chi connectivity index (χ4n) is 1.93. The van der Waals surface area contributed by atoms with Crippen LogP contribution < -0.4 is 0 Å². The van der Waals surface area contributed by atoms with E-state index in [4.69, 9.17) is 4.84 Å². The lowest BCUT2D eigenvalue weighted by Crippen LogP contribution is -1.87. The number of aromatic nitrogens is 1. The van der Waals surface area contributed by atoms with Crippen LogP contribution in [0.2, 0.25) is 0 Å². The number of rotatable bonds is 4. The zero-order chi connectivity index (χ0) is 12.9. The molecule has 0 amide bonds. The van der Waals surface area contributed by atoms with E-state index in [1.54, 1.807) is 6.21 Å². The lowest BCUT2D eigenvalue weighted by molar-refractivity contribution is 0.132. The SMILES string of the molecule is C(=NOCc1ccccc1)c1ccc2cc[nH]c2c1. The molecule has 0 aliphatic rings. The number of nitrogens with one attached hydrogen (secondary N) is 1.